The van der Waals surface area contributed by atoms with E-state index < -0.39 is 11.8 Å². The maximum Gasteiger partial charge on any atom is 0.310 e. The average Bonchev–Trinajstić information content (AvgIpc) is 3.68. The SMILES string of the molecule is COc1cc(C2c3cc4c(cc3[C@@H](Nc3ccc5c(c3)OCO5)C3COC(=O)[C@H]23)OCO4)cc(OC)c1O. The predicted molar refractivity (Wildman–Crippen MR) is 132 cm³/mol. The van der Waals surface area contributed by atoms with Gasteiger partial charge in [0.15, 0.2) is 34.5 Å². The van der Waals surface area contributed by atoms with Crippen molar-refractivity contribution in [3.63, 3.8) is 0 Å². The number of carbonyl (C=O) groups is 1. The summed E-state index contributed by atoms with van der Waals surface area (Å²) in [6, 6.07) is 12.8. The van der Waals surface area contributed by atoms with E-state index in [0.717, 1.165) is 22.4 Å². The fourth-order valence-electron chi connectivity index (χ4n) is 6.01. The normalized spacial score (nSPS) is 23.9. The van der Waals surface area contributed by atoms with E-state index in [1.807, 2.05) is 30.3 Å². The monoisotopic (exact) mass is 519 g/mol. The number of fused-ring (bicyclic) bond motifs is 4. The van der Waals surface area contributed by atoms with Gasteiger partial charge in [-0.05, 0) is 53.1 Å². The number of carbonyl (C=O) groups excluding carboxylic acids is 1. The van der Waals surface area contributed by atoms with Crippen molar-refractivity contribution in [3.05, 3.63) is 59.2 Å². The zero-order chi connectivity index (χ0) is 26.0. The molecule has 3 aromatic carbocycles. The molecule has 196 valence electrons. The van der Waals surface area contributed by atoms with Crippen LogP contribution in [0.25, 0.3) is 0 Å². The van der Waals surface area contributed by atoms with E-state index in [1.54, 1.807) is 12.1 Å². The van der Waals surface area contributed by atoms with E-state index in [0.29, 0.717) is 23.0 Å². The Morgan fingerprint density at radius 1 is 0.816 bits per heavy atom. The molecule has 1 fully saturated rings. The Hall–Kier alpha value is -4.47. The lowest BCUT2D eigenvalue weighted by Crippen LogP contribution is -2.37. The largest absolute Gasteiger partial charge is 0.502 e. The van der Waals surface area contributed by atoms with Crippen molar-refractivity contribution < 1.29 is 43.1 Å². The van der Waals surface area contributed by atoms with E-state index in [2.05, 4.69) is 5.32 Å². The molecule has 10 heteroatoms. The van der Waals surface area contributed by atoms with Gasteiger partial charge < -0.3 is 43.6 Å². The van der Waals surface area contributed by atoms with Crippen LogP contribution in [0.3, 0.4) is 0 Å². The first-order valence-corrected chi connectivity index (χ1v) is 12.3. The number of phenolic OH excluding ortho intramolecular Hbond substituents is 1. The smallest absolute Gasteiger partial charge is 0.310 e. The second-order valence-electron chi connectivity index (χ2n) is 9.60. The van der Waals surface area contributed by atoms with Crippen LogP contribution in [0.1, 0.15) is 28.7 Å². The highest BCUT2D eigenvalue weighted by molar-refractivity contribution is 5.79. The summed E-state index contributed by atoms with van der Waals surface area (Å²) in [4.78, 5) is 13.3. The van der Waals surface area contributed by atoms with Crippen molar-refractivity contribution in [2.24, 2.45) is 11.8 Å². The first kappa shape index (κ1) is 22.7. The number of anilines is 1. The van der Waals surface area contributed by atoms with E-state index in [-0.39, 0.29) is 55.4 Å². The Balaban J connectivity index is 1.40. The number of hydrogen-bond donors (Lipinski definition) is 2. The number of cyclic esters (lactones) is 1. The topological polar surface area (TPSA) is 114 Å². The number of benzene rings is 3. The number of esters is 1. The van der Waals surface area contributed by atoms with Crippen molar-refractivity contribution in [2.45, 2.75) is 12.0 Å². The van der Waals surface area contributed by atoms with Crippen molar-refractivity contribution in [1.29, 1.82) is 0 Å². The van der Waals surface area contributed by atoms with Gasteiger partial charge >= 0.3 is 5.97 Å². The molecule has 2 N–H and O–H groups in total. The Bertz CT molecular complexity index is 1430. The molecule has 0 radical (unpaired) electrons. The number of hydrogen-bond acceptors (Lipinski definition) is 10. The number of ether oxygens (including phenoxy) is 7. The van der Waals surface area contributed by atoms with Gasteiger partial charge in [0.1, 0.15) is 0 Å². The third-order valence-corrected chi connectivity index (χ3v) is 7.74. The van der Waals surface area contributed by atoms with Gasteiger partial charge in [-0.15, -0.1) is 0 Å². The minimum Gasteiger partial charge on any atom is -0.502 e. The molecule has 3 aromatic rings. The van der Waals surface area contributed by atoms with E-state index in [4.69, 9.17) is 33.2 Å². The third-order valence-electron chi connectivity index (χ3n) is 7.74. The van der Waals surface area contributed by atoms with Crippen molar-refractivity contribution in [1.82, 2.24) is 0 Å². The van der Waals surface area contributed by atoms with Crippen LogP contribution in [0.4, 0.5) is 5.69 Å². The third kappa shape index (κ3) is 3.36. The Morgan fingerprint density at radius 3 is 2.13 bits per heavy atom. The maximum atomic E-state index is 13.3. The summed E-state index contributed by atoms with van der Waals surface area (Å²) in [7, 11) is 2.95. The quantitative estimate of drug-likeness (QED) is 0.480. The lowest BCUT2D eigenvalue weighted by atomic mass is 9.65. The Kier molecular flexibility index (Phi) is 5.10. The minimum absolute atomic E-state index is 0.103. The van der Waals surface area contributed by atoms with Crippen molar-refractivity contribution in [3.8, 4) is 40.2 Å². The fraction of sp³-hybridized carbons (Fsp3) is 0.321. The second-order valence-corrected chi connectivity index (χ2v) is 9.60. The van der Waals surface area contributed by atoms with Gasteiger partial charge in [0.05, 0.1) is 32.8 Å². The molecule has 0 amide bonds. The van der Waals surface area contributed by atoms with Crippen LogP contribution < -0.4 is 33.7 Å². The maximum absolute atomic E-state index is 13.3. The predicted octanol–water partition coefficient (Wildman–Crippen LogP) is 3.95. The summed E-state index contributed by atoms with van der Waals surface area (Å²) in [6.45, 7) is 0.560. The van der Waals surface area contributed by atoms with Crippen LogP contribution in [0.15, 0.2) is 42.5 Å². The standard InChI is InChI=1S/C28H25NO9/c1-32-22-5-13(6-23(33-2)27(22)30)24-15-8-20-21(38-12-37-20)9-16(15)26(17-10-34-28(31)25(17)24)29-14-3-4-18-19(7-14)36-11-35-18/h3-9,17,24-26,29-30H,10-12H2,1-2H3/t17?,24?,25-,26+/m0/s1. The fourth-order valence-corrected chi connectivity index (χ4v) is 6.01. The van der Waals surface area contributed by atoms with Crippen LogP contribution >= 0.6 is 0 Å². The summed E-state index contributed by atoms with van der Waals surface area (Å²) < 4.78 is 39.0. The molecular weight excluding hydrogens is 494 g/mol. The van der Waals surface area contributed by atoms with Crippen LogP contribution in [0, 0.1) is 11.8 Å². The van der Waals surface area contributed by atoms with Gasteiger partial charge in [0.2, 0.25) is 19.3 Å². The first-order valence-electron chi connectivity index (χ1n) is 12.3. The van der Waals surface area contributed by atoms with E-state index >= 15 is 0 Å². The Morgan fingerprint density at radius 2 is 1.45 bits per heavy atom. The lowest BCUT2D eigenvalue weighted by Gasteiger charge is -2.40. The summed E-state index contributed by atoms with van der Waals surface area (Å²) in [5.41, 5.74) is 3.43. The molecule has 7 rings (SSSR count). The van der Waals surface area contributed by atoms with E-state index in [9.17, 15) is 9.90 Å². The molecule has 0 spiro atoms. The van der Waals surface area contributed by atoms with Gasteiger partial charge in [-0.2, -0.15) is 0 Å². The molecular formula is C28H25NO9. The van der Waals surface area contributed by atoms with Gasteiger partial charge in [-0.3, -0.25) is 4.79 Å². The van der Waals surface area contributed by atoms with Crippen LogP contribution in [0.2, 0.25) is 0 Å². The molecule has 38 heavy (non-hydrogen) atoms. The highest BCUT2D eigenvalue weighted by atomic mass is 16.7. The molecule has 1 aliphatic carbocycles. The van der Waals surface area contributed by atoms with Crippen molar-refractivity contribution in [2.75, 3.05) is 39.7 Å². The second kappa shape index (κ2) is 8.54. The molecule has 1 saturated heterocycles. The molecule has 0 aromatic heterocycles. The average molecular weight is 520 g/mol. The zero-order valence-electron chi connectivity index (χ0n) is 20.7. The first-order chi connectivity index (χ1) is 18.6. The lowest BCUT2D eigenvalue weighted by molar-refractivity contribution is -0.141. The zero-order valence-corrected chi connectivity index (χ0v) is 20.7. The number of phenols is 1. The summed E-state index contributed by atoms with van der Waals surface area (Å²) in [6.07, 6.45) is 0. The van der Waals surface area contributed by atoms with Crippen LogP contribution in [-0.4, -0.2) is 45.5 Å². The van der Waals surface area contributed by atoms with Crippen LogP contribution in [-0.2, 0) is 9.53 Å². The van der Waals surface area contributed by atoms with Gasteiger partial charge in [-0.1, -0.05) is 0 Å². The molecule has 0 bridgehead atoms. The summed E-state index contributed by atoms with van der Waals surface area (Å²) in [5, 5.41) is 14.2. The highest BCUT2D eigenvalue weighted by Gasteiger charge is 2.52. The molecule has 4 aliphatic rings. The molecule has 10 nitrogen and oxygen atoms in total. The number of nitrogens with one attached hydrogen (secondary N) is 1. The Labute approximate surface area is 217 Å². The number of aromatic hydroxyl groups is 1. The molecule has 3 heterocycles. The molecule has 4 atom stereocenters. The summed E-state index contributed by atoms with van der Waals surface area (Å²) in [5.74, 6) is 1.62. The van der Waals surface area contributed by atoms with Crippen LogP contribution in [0.5, 0.6) is 40.2 Å². The van der Waals surface area contributed by atoms with Gasteiger partial charge in [0.25, 0.3) is 0 Å². The highest BCUT2D eigenvalue weighted by Crippen LogP contribution is 2.56. The van der Waals surface area contributed by atoms with Gasteiger partial charge in [0, 0.05) is 23.6 Å². The number of rotatable bonds is 5. The number of methoxy groups -OCH3 is 2. The summed E-state index contributed by atoms with van der Waals surface area (Å²) >= 11 is 0. The molecule has 3 aliphatic heterocycles. The van der Waals surface area contributed by atoms with Crippen molar-refractivity contribution >= 4 is 11.7 Å². The van der Waals surface area contributed by atoms with Gasteiger partial charge in [-0.25, -0.2) is 0 Å². The minimum atomic E-state index is -0.506. The molecule has 0 saturated carbocycles. The molecule has 2 unspecified atom stereocenters. The van der Waals surface area contributed by atoms with E-state index in [1.165, 1.54) is 14.2 Å².